The summed E-state index contributed by atoms with van der Waals surface area (Å²) in [4.78, 5) is 21.5. The zero-order chi connectivity index (χ0) is 19.8. The SMILES string of the molecule is CC(C)c1ccc(CN(C(=O)c2ccc3nc(C(F)F)[nH]c3c2)C2CC2)cc1. The van der Waals surface area contributed by atoms with Crippen molar-refractivity contribution in [2.24, 2.45) is 0 Å². The van der Waals surface area contributed by atoms with Crippen molar-refractivity contribution in [3.8, 4) is 0 Å². The van der Waals surface area contributed by atoms with Crippen LogP contribution < -0.4 is 0 Å². The minimum Gasteiger partial charge on any atom is -0.337 e. The summed E-state index contributed by atoms with van der Waals surface area (Å²) in [6.45, 7) is 4.85. The molecule has 3 aromatic rings. The minimum atomic E-state index is -2.66. The number of imidazole rings is 1. The number of aromatic amines is 1. The Bertz CT molecular complexity index is 991. The number of hydrogen-bond donors (Lipinski definition) is 1. The van der Waals surface area contributed by atoms with E-state index < -0.39 is 6.43 Å². The van der Waals surface area contributed by atoms with Gasteiger partial charge in [0.15, 0.2) is 5.82 Å². The van der Waals surface area contributed by atoms with Gasteiger partial charge in [-0.05, 0) is 48.1 Å². The number of rotatable bonds is 6. The first kappa shape index (κ1) is 18.6. The van der Waals surface area contributed by atoms with Gasteiger partial charge in [-0.1, -0.05) is 38.1 Å². The van der Waals surface area contributed by atoms with Gasteiger partial charge in [-0.2, -0.15) is 0 Å². The number of alkyl halides is 2. The first-order valence-electron chi connectivity index (χ1n) is 9.60. The highest BCUT2D eigenvalue weighted by Crippen LogP contribution is 2.31. The Morgan fingerprint density at radius 3 is 2.50 bits per heavy atom. The Hall–Kier alpha value is -2.76. The van der Waals surface area contributed by atoms with E-state index in [9.17, 15) is 13.6 Å². The monoisotopic (exact) mass is 383 g/mol. The van der Waals surface area contributed by atoms with Crippen LogP contribution in [0.25, 0.3) is 11.0 Å². The molecule has 0 aliphatic heterocycles. The van der Waals surface area contributed by atoms with Gasteiger partial charge in [-0.15, -0.1) is 0 Å². The largest absolute Gasteiger partial charge is 0.337 e. The first-order chi connectivity index (χ1) is 13.4. The molecular weight excluding hydrogens is 360 g/mol. The summed E-state index contributed by atoms with van der Waals surface area (Å²) in [7, 11) is 0. The molecule has 146 valence electrons. The zero-order valence-electron chi connectivity index (χ0n) is 16.0. The van der Waals surface area contributed by atoms with E-state index in [1.165, 1.54) is 5.56 Å². The van der Waals surface area contributed by atoms with E-state index in [1.807, 2.05) is 4.90 Å². The van der Waals surface area contributed by atoms with Gasteiger partial charge < -0.3 is 9.88 Å². The van der Waals surface area contributed by atoms with E-state index >= 15 is 0 Å². The lowest BCUT2D eigenvalue weighted by atomic mass is 10.0. The minimum absolute atomic E-state index is 0.0782. The number of H-pyrrole nitrogens is 1. The Kier molecular flexibility index (Phi) is 4.87. The molecule has 1 N–H and O–H groups in total. The van der Waals surface area contributed by atoms with Crippen LogP contribution in [0.4, 0.5) is 8.78 Å². The molecule has 0 atom stereocenters. The fourth-order valence-corrected chi connectivity index (χ4v) is 3.39. The van der Waals surface area contributed by atoms with Gasteiger partial charge in [0, 0.05) is 18.2 Å². The highest BCUT2D eigenvalue weighted by atomic mass is 19.3. The number of carbonyl (C=O) groups excluding carboxylic acids is 1. The molecule has 0 bridgehead atoms. The molecule has 4 nitrogen and oxygen atoms in total. The maximum Gasteiger partial charge on any atom is 0.295 e. The van der Waals surface area contributed by atoms with Crippen molar-refractivity contribution in [2.75, 3.05) is 0 Å². The van der Waals surface area contributed by atoms with Crippen molar-refractivity contribution in [3.05, 3.63) is 65.0 Å². The van der Waals surface area contributed by atoms with Crippen molar-refractivity contribution in [2.45, 2.75) is 51.6 Å². The van der Waals surface area contributed by atoms with Crippen LogP contribution >= 0.6 is 0 Å². The Morgan fingerprint density at radius 1 is 1.18 bits per heavy atom. The fraction of sp³-hybridized carbons (Fsp3) is 0.364. The van der Waals surface area contributed by atoms with E-state index in [4.69, 9.17) is 0 Å². The number of amides is 1. The van der Waals surface area contributed by atoms with Crippen LogP contribution in [0.15, 0.2) is 42.5 Å². The summed E-state index contributed by atoms with van der Waals surface area (Å²) < 4.78 is 25.7. The molecule has 2 aromatic carbocycles. The van der Waals surface area contributed by atoms with Gasteiger partial charge in [0.1, 0.15) is 0 Å². The number of hydrogen-bond acceptors (Lipinski definition) is 2. The average Bonchev–Trinajstić information content (AvgIpc) is 3.43. The van der Waals surface area contributed by atoms with E-state index in [1.54, 1.807) is 18.2 Å². The van der Waals surface area contributed by atoms with Gasteiger partial charge in [0.2, 0.25) is 0 Å². The molecule has 1 saturated carbocycles. The van der Waals surface area contributed by atoms with Crippen LogP contribution in [0.2, 0.25) is 0 Å². The lowest BCUT2D eigenvalue weighted by Gasteiger charge is -2.23. The third kappa shape index (κ3) is 3.77. The summed E-state index contributed by atoms with van der Waals surface area (Å²) >= 11 is 0. The molecule has 1 heterocycles. The van der Waals surface area contributed by atoms with Crippen LogP contribution in [0.3, 0.4) is 0 Å². The molecule has 0 radical (unpaired) electrons. The number of halogens is 2. The Labute approximate surface area is 162 Å². The topological polar surface area (TPSA) is 49.0 Å². The molecule has 4 rings (SSSR count). The van der Waals surface area contributed by atoms with Gasteiger partial charge in [-0.25, -0.2) is 13.8 Å². The lowest BCUT2D eigenvalue weighted by molar-refractivity contribution is 0.0730. The van der Waals surface area contributed by atoms with E-state index in [0.717, 1.165) is 18.4 Å². The van der Waals surface area contributed by atoms with Crippen molar-refractivity contribution >= 4 is 16.9 Å². The molecule has 1 aromatic heterocycles. The molecule has 0 spiro atoms. The standard InChI is InChI=1S/C22H23F2N3O/c1-13(2)15-5-3-14(4-6-15)12-27(17-8-9-17)22(28)16-7-10-18-19(11-16)26-21(25-18)20(23)24/h3-7,10-11,13,17,20H,8-9,12H2,1-2H3,(H,25,26). The van der Waals surface area contributed by atoms with Crippen molar-refractivity contribution < 1.29 is 13.6 Å². The zero-order valence-corrected chi connectivity index (χ0v) is 16.0. The van der Waals surface area contributed by atoms with Crippen molar-refractivity contribution in [1.82, 2.24) is 14.9 Å². The predicted molar refractivity (Wildman–Crippen MR) is 104 cm³/mol. The number of nitrogens with zero attached hydrogens (tertiary/aromatic N) is 2. The van der Waals surface area contributed by atoms with Crippen LogP contribution in [-0.2, 0) is 6.54 Å². The lowest BCUT2D eigenvalue weighted by Crippen LogP contribution is -2.32. The number of nitrogens with one attached hydrogen (secondary N) is 1. The van der Waals surface area contributed by atoms with Gasteiger partial charge in [0.05, 0.1) is 11.0 Å². The first-order valence-corrected chi connectivity index (χ1v) is 9.60. The molecule has 1 aliphatic carbocycles. The third-order valence-corrected chi connectivity index (χ3v) is 5.20. The maximum atomic E-state index is 13.1. The number of carbonyl (C=O) groups is 1. The molecule has 28 heavy (non-hydrogen) atoms. The second-order valence-corrected chi connectivity index (χ2v) is 7.72. The molecule has 1 amide bonds. The summed E-state index contributed by atoms with van der Waals surface area (Å²) in [5.74, 6) is 0.0175. The third-order valence-electron chi connectivity index (χ3n) is 5.20. The molecule has 1 fully saturated rings. The highest BCUT2D eigenvalue weighted by Gasteiger charge is 2.33. The summed E-state index contributed by atoms with van der Waals surface area (Å²) in [6, 6.07) is 13.5. The van der Waals surface area contributed by atoms with E-state index in [2.05, 4.69) is 48.1 Å². The molecule has 0 unspecified atom stereocenters. The summed E-state index contributed by atoms with van der Waals surface area (Å²) in [5.41, 5.74) is 3.75. The maximum absolute atomic E-state index is 13.1. The molecular formula is C22H23F2N3O. The highest BCUT2D eigenvalue weighted by molar-refractivity contribution is 5.97. The van der Waals surface area contributed by atoms with E-state index in [0.29, 0.717) is 29.1 Å². The second-order valence-electron chi connectivity index (χ2n) is 7.72. The number of fused-ring (bicyclic) bond motifs is 1. The average molecular weight is 383 g/mol. The smallest absolute Gasteiger partial charge is 0.295 e. The van der Waals surface area contributed by atoms with E-state index in [-0.39, 0.29) is 17.8 Å². The summed E-state index contributed by atoms with van der Waals surface area (Å²) in [6.07, 6.45) is -0.668. The van der Waals surface area contributed by atoms with Crippen molar-refractivity contribution in [1.29, 1.82) is 0 Å². The van der Waals surface area contributed by atoms with Crippen LogP contribution in [-0.4, -0.2) is 26.8 Å². The fourth-order valence-electron chi connectivity index (χ4n) is 3.39. The molecule has 0 saturated heterocycles. The van der Waals surface area contributed by atoms with Gasteiger partial charge >= 0.3 is 0 Å². The molecule has 6 heteroatoms. The van der Waals surface area contributed by atoms with Crippen molar-refractivity contribution in [3.63, 3.8) is 0 Å². The predicted octanol–water partition coefficient (Wildman–Crippen LogP) is 5.43. The quantitative estimate of drug-likeness (QED) is 0.617. The van der Waals surface area contributed by atoms with Gasteiger partial charge in [-0.3, -0.25) is 4.79 Å². The Balaban J connectivity index is 1.57. The van der Waals surface area contributed by atoms with Crippen LogP contribution in [0, 0.1) is 0 Å². The Morgan fingerprint density at radius 2 is 1.89 bits per heavy atom. The summed E-state index contributed by atoms with van der Waals surface area (Å²) in [5, 5.41) is 0. The van der Waals surface area contributed by atoms with Crippen LogP contribution in [0.5, 0.6) is 0 Å². The number of aromatic nitrogens is 2. The second kappa shape index (κ2) is 7.34. The van der Waals surface area contributed by atoms with Crippen LogP contribution in [0.1, 0.15) is 66.3 Å². The molecule has 1 aliphatic rings. The van der Waals surface area contributed by atoms with Gasteiger partial charge in [0.25, 0.3) is 12.3 Å². The normalized spacial score (nSPS) is 14.2. The number of benzene rings is 2.